The van der Waals surface area contributed by atoms with E-state index in [9.17, 15) is 4.79 Å². The summed E-state index contributed by atoms with van der Waals surface area (Å²) in [7, 11) is 1.53. The van der Waals surface area contributed by atoms with Crippen LogP contribution in [-0.2, 0) is 11.3 Å². The van der Waals surface area contributed by atoms with Gasteiger partial charge in [-0.05, 0) is 11.6 Å². The summed E-state index contributed by atoms with van der Waals surface area (Å²) in [5.41, 5.74) is 1.99. The second kappa shape index (κ2) is 6.39. The van der Waals surface area contributed by atoms with Crippen LogP contribution in [0.2, 0.25) is 5.15 Å². The Morgan fingerprint density at radius 3 is 2.70 bits per heavy atom. The van der Waals surface area contributed by atoms with E-state index in [0.717, 1.165) is 5.56 Å². The van der Waals surface area contributed by atoms with Gasteiger partial charge in [-0.2, -0.15) is 5.10 Å². The van der Waals surface area contributed by atoms with E-state index in [1.165, 1.54) is 20.3 Å². The molecule has 5 heteroatoms. The monoisotopic (exact) mass is 290 g/mol. The number of aromatic nitrogens is 2. The quantitative estimate of drug-likeness (QED) is 0.626. The van der Waals surface area contributed by atoms with Crippen molar-refractivity contribution < 1.29 is 9.53 Å². The average molecular weight is 291 g/mol. The molecule has 1 heterocycles. The van der Waals surface area contributed by atoms with E-state index in [4.69, 9.17) is 16.3 Å². The molecule has 2 aromatic rings. The molecule has 0 aliphatic carbocycles. The number of benzene rings is 1. The van der Waals surface area contributed by atoms with Crippen LogP contribution in [-0.4, -0.2) is 22.7 Å². The van der Waals surface area contributed by atoms with Gasteiger partial charge in [0.15, 0.2) is 5.78 Å². The highest BCUT2D eigenvalue weighted by atomic mass is 35.5. The molecular weight excluding hydrogens is 276 g/mol. The van der Waals surface area contributed by atoms with Gasteiger partial charge < -0.3 is 4.74 Å². The molecule has 0 saturated heterocycles. The minimum atomic E-state index is -0.130. The topological polar surface area (TPSA) is 44.1 Å². The molecule has 0 N–H and O–H groups in total. The Morgan fingerprint density at radius 2 is 2.10 bits per heavy atom. The highest BCUT2D eigenvalue weighted by Crippen LogP contribution is 2.23. The molecule has 0 fully saturated rings. The fourth-order valence-corrected chi connectivity index (χ4v) is 2.11. The van der Waals surface area contributed by atoms with E-state index in [1.807, 2.05) is 30.3 Å². The van der Waals surface area contributed by atoms with Gasteiger partial charge in [-0.25, -0.2) is 4.68 Å². The van der Waals surface area contributed by atoms with Gasteiger partial charge in [-0.1, -0.05) is 41.9 Å². The van der Waals surface area contributed by atoms with Gasteiger partial charge in [-0.3, -0.25) is 4.79 Å². The van der Waals surface area contributed by atoms with Gasteiger partial charge in [0.05, 0.1) is 19.9 Å². The van der Waals surface area contributed by atoms with Gasteiger partial charge in [0.2, 0.25) is 0 Å². The van der Waals surface area contributed by atoms with Crippen LogP contribution < -0.4 is 0 Å². The van der Waals surface area contributed by atoms with Gasteiger partial charge in [0.25, 0.3) is 0 Å². The highest BCUT2D eigenvalue weighted by Gasteiger charge is 2.17. The van der Waals surface area contributed by atoms with Crippen LogP contribution >= 0.6 is 11.6 Å². The van der Waals surface area contributed by atoms with Gasteiger partial charge in [0.1, 0.15) is 10.8 Å². The molecule has 0 radical (unpaired) electrons. The van der Waals surface area contributed by atoms with Gasteiger partial charge in [0, 0.05) is 12.5 Å². The van der Waals surface area contributed by atoms with E-state index in [0.29, 0.717) is 23.0 Å². The van der Waals surface area contributed by atoms with Crippen LogP contribution in [0.25, 0.3) is 6.08 Å². The summed E-state index contributed by atoms with van der Waals surface area (Å²) in [6, 6.07) is 9.81. The number of ketones is 1. The van der Waals surface area contributed by atoms with Crippen LogP contribution in [0.15, 0.2) is 36.6 Å². The Bertz CT molecular complexity index is 633. The third-order valence-corrected chi connectivity index (χ3v) is 3.20. The average Bonchev–Trinajstić information content (AvgIpc) is 2.75. The number of halogens is 1. The molecule has 0 atom stereocenters. The second-order valence-electron chi connectivity index (χ2n) is 4.29. The zero-order chi connectivity index (χ0) is 14.5. The van der Waals surface area contributed by atoms with Crippen molar-refractivity contribution in [1.82, 2.24) is 9.78 Å². The van der Waals surface area contributed by atoms with Crippen molar-refractivity contribution in [2.75, 3.05) is 7.11 Å². The lowest BCUT2D eigenvalue weighted by molar-refractivity contribution is 0.101. The molecular formula is C15H15ClN2O2. The van der Waals surface area contributed by atoms with Crippen molar-refractivity contribution in [3.05, 3.63) is 58.6 Å². The Kier molecular flexibility index (Phi) is 4.58. The summed E-state index contributed by atoms with van der Waals surface area (Å²) in [4.78, 5) is 11.6. The molecule has 0 spiro atoms. The first-order valence-corrected chi connectivity index (χ1v) is 6.51. The van der Waals surface area contributed by atoms with Crippen molar-refractivity contribution in [3.63, 3.8) is 0 Å². The molecule has 20 heavy (non-hydrogen) atoms. The first-order valence-electron chi connectivity index (χ1n) is 6.14. The standard InChI is InChI=1S/C15H15ClN2O2/c1-11(19)14-13(8-9-20-2)15(16)18(17-14)10-12-6-4-3-5-7-12/h3-9H,10H2,1-2H3. The lowest BCUT2D eigenvalue weighted by atomic mass is 10.2. The van der Waals surface area contributed by atoms with Gasteiger partial charge in [-0.15, -0.1) is 0 Å². The first-order chi connectivity index (χ1) is 9.63. The maximum atomic E-state index is 11.6. The number of rotatable bonds is 5. The minimum Gasteiger partial charge on any atom is -0.504 e. The van der Waals surface area contributed by atoms with Gasteiger partial charge >= 0.3 is 0 Å². The number of ether oxygens (including phenoxy) is 1. The van der Waals surface area contributed by atoms with Crippen LogP contribution in [0.4, 0.5) is 0 Å². The molecule has 1 aromatic carbocycles. The van der Waals surface area contributed by atoms with E-state index in [-0.39, 0.29) is 5.78 Å². The van der Waals surface area contributed by atoms with Crippen LogP contribution in [0.1, 0.15) is 28.5 Å². The van der Waals surface area contributed by atoms with Crippen molar-refractivity contribution in [2.24, 2.45) is 0 Å². The number of hydrogen-bond donors (Lipinski definition) is 0. The van der Waals surface area contributed by atoms with E-state index < -0.39 is 0 Å². The normalized spacial score (nSPS) is 10.9. The third-order valence-electron chi connectivity index (χ3n) is 2.80. The van der Waals surface area contributed by atoms with Crippen molar-refractivity contribution in [3.8, 4) is 0 Å². The number of Topliss-reactive ketones (excluding diaryl/α,β-unsaturated/α-hetero) is 1. The molecule has 0 aliphatic rings. The van der Waals surface area contributed by atoms with Crippen LogP contribution in [0, 0.1) is 0 Å². The first kappa shape index (κ1) is 14.3. The smallest absolute Gasteiger partial charge is 0.180 e. The Hall–Kier alpha value is -2.07. The molecule has 2 rings (SSSR count). The molecule has 4 nitrogen and oxygen atoms in total. The predicted molar refractivity (Wildman–Crippen MR) is 78.8 cm³/mol. The second-order valence-corrected chi connectivity index (χ2v) is 4.65. The van der Waals surface area contributed by atoms with Crippen LogP contribution in [0.3, 0.4) is 0 Å². The highest BCUT2D eigenvalue weighted by molar-refractivity contribution is 6.31. The summed E-state index contributed by atoms with van der Waals surface area (Å²) in [6.07, 6.45) is 3.12. The zero-order valence-electron chi connectivity index (χ0n) is 11.3. The number of nitrogens with zero attached hydrogens (tertiary/aromatic N) is 2. The molecule has 0 bridgehead atoms. The summed E-state index contributed by atoms with van der Waals surface area (Å²) in [5.74, 6) is -0.130. The Morgan fingerprint density at radius 1 is 1.40 bits per heavy atom. The zero-order valence-corrected chi connectivity index (χ0v) is 12.1. The summed E-state index contributed by atoms with van der Waals surface area (Å²) < 4.78 is 6.49. The molecule has 1 aromatic heterocycles. The summed E-state index contributed by atoms with van der Waals surface area (Å²) in [6.45, 7) is 1.98. The number of methoxy groups -OCH3 is 1. The molecule has 0 unspecified atom stereocenters. The molecule has 104 valence electrons. The SMILES string of the molecule is COC=Cc1c(C(C)=O)nn(Cc2ccccc2)c1Cl. The third kappa shape index (κ3) is 3.08. The minimum absolute atomic E-state index is 0.130. The van der Waals surface area contributed by atoms with Crippen LogP contribution in [0.5, 0.6) is 0 Å². The molecule has 0 aliphatic heterocycles. The summed E-state index contributed by atoms with van der Waals surface area (Å²) in [5, 5.41) is 4.71. The largest absolute Gasteiger partial charge is 0.504 e. The van der Waals surface area contributed by atoms with E-state index in [1.54, 1.807) is 10.8 Å². The van der Waals surface area contributed by atoms with E-state index in [2.05, 4.69) is 5.10 Å². The van der Waals surface area contributed by atoms with Crippen molar-refractivity contribution in [2.45, 2.75) is 13.5 Å². The van der Waals surface area contributed by atoms with E-state index >= 15 is 0 Å². The summed E-state index contributed by atoms with van der Waals surface area (Å²) >= 11 is 6.30. The Labute approximate surface area is 122 Å². The predicted octanol–water partition coefficient (Wildman–Crippen LogP) is 3.40. The molecule has 0 amide bonds. The Balaban J connectivity index is 2.39. The lowest BCUT2D eigenvalue weighted by Gasteiger charge is -2.03. The number of carbonyl (C=O) groups excluding carboxylic acids is 1. The van der Waals surface area contributed by atoms with Crippen molar-refractivity contribution >= 4 is 23.5 Å². The van der Waals surface area contributed by atoms with Crippen molar-refractivity contribution in [1.29, 1.82) is 0 Å². The fraction of sp³-hybridized carbons (Fsp3) is 0.200. The number of hydrogen-bond acceptors (Lipinski definition) is 3. The fourth-order valence-electron chi connectivity index (χ4n) is 1.86. The number of carbonyl (C=O) groups is 1. The maximum absolute atomic E-state index is 11.6. The maximum Gasteiger partial charge on any atom is 0.180 e. The molecule has 0 saturated carbocycles. The lowest BCUT2D eigenvalue weighted by Crippen LogP contribution is -2.03.